The third kappa shape index (κ3) is 4.25. The summed E-state index contributed by atoms with van der Waals surface area (Å²) in [4.78, 5) is 14.2. The number of nitrogens with one attached hydrogen (secondary N) is 1. The third-order valence-corrected chi connectivity index (χ3v) is 3.71. The lowest BCUT2D eigenvalue weighted by Gasteiger charge is -2.26. The molecule has 1 heterocycles. The molecule has 1 rings (SSSR count). The number of hydrogen-bond donors (Lipinski definition) is 1. The molecule has 0 aromatic heterocycles. The zero-order chi connectivity index (χ0) is 13.5. The summed E-state index contributed by atoms with van der Waals surface area (Å²) in [6, 6.07) is 0.192. The minimum atomic E-state index is -0.00870. The zero-order valence-electron chi connectivity index (χ0n) is 12.2. The van der Waals surface area contributed by atoms with Crippen LogP contribution in [0.3, 0.4) is 0 Å². The number of nitrogens with zero attached hydrogens (tertiary/aromatic N) is 1. The fourth-order valence-corrected chi connectivity index (χ4v) is 2.30. The molecule has 4 nitrogen and oxygen atoms in total. The van der Waals surface area contributed by atoms with Gasteiger partial charge in [-0.1, -0.05) is 27.2 Å². The molecule has 1 N–H and O–H groups in total. The van der Waals surface area contributed by atoms with Gasteiger partial charge in [-0.15, -0.1) is 0 Å². The first-order valence-corrected chi connectivity index (χ1v) is 7.16. The van der Waals surface area contributed by atoms with E-state index in [0.717, 1.165) is 25.9 Å². The topological polar surface area (TPSA) is 41.6 Å². The van der Waals surface area contributed by atoms with Crippen LogP contribution >= 0.6 is 0 Å². The van der Waals surface area contributed by atoms with Gasteiger partial charge in [-0.3, -0.25) is 4.79 Å². The molecule has 0 saturated carbocycles. The van der Waals surface area contributed by atoms with Gasteiger partial charge in [0.1, 0.15) is 0 Å². The SMILES string of the molecule is CCCNC1COCC1C(=O)N(C)CC(C)CC. The highest BCUT2D eigenvalue weighted by Gasteiger charge is 2.35. The van der Waals surface area contributed by atoms with Crippen LogP contribution in [-0.4, -0.2) is 50.2 Å². The Hall–Kier alpha value is -0.610. The Kier molecular flexibility index (Phi) is 6.65. The Labute approximate surface area is 111 Å². The van der Waals surface area contributed by atoms with Gasteiger partial charge in [-0.2, -0.15) is 0 Å². The minimum Gasteiger partial charge on any atom is -0.379 e. The molecule has 3 unspecified atom stereocenters. The molecule has 0 radical (unpaired) electrons. The average Bonchev–Trinajstić information content (AvgIpc) is 2.83. The van der Waals surface area contributed by atoms with Crippen molar-refractivity contribution in [2.45, 2.75) is 39.7 Å². The van der Waals surface area contributed by atoms with E-state index in [1.54, 1.807) is 0 Å². The van der Waals surface area contributed by atoms with E-state index < -0.39 is 0 Å². The molecule has 1 aliphatic heterocycles. The van der Waals surface area contributed by atoms with Crippen molar-refractivity contribution in [2.24, 2.45) is 11.8 Å². The molecule has 1 aliphatic rings. The zero-order valence-corrected chi connectivity index (χ0v) is 12.2. The minimum absolute atomic E-state index is 0.00870. The number of carbonyl (C=O) groups excluding carboxylic acids is 1. The van der Waals surface area contributed by atoms with E-state index in [0.29, 0.717) is 19.1 Å². The molecule has 3 atom stereocenters. The molecular formula is C14H28N2O2. The van der Waals surface area contributed by atoms with Crippen LogP contribution in [0, 0.1) is 11.8 Å². The number of ether oxygens (including phenoxy) is 1. The molecule has 0 aromatic carbocycles. The summed E-state index contributed by atoms with van der Waals surface area (Å²) >= 11 is 0. The number of carbonyl (C=O) groups is 1. The van der Waals surface area contributed by atoms with Crippen molar-refractivity contribution in [1.82, 2.24) is 10.2 Å². The van der Waals surface area contributed by atoms with Crippen LogP contribution in [0.15, 0.2) is 0 Å². The van der Waals surface area contributed by atoms with Crippen molar-refractivity contribution >= 4 is 5.91 Å². The van der Waals surface area contributed by atoms with E-state index in [1.165, 1.54) is 0 Å². The second-order valence-corrected chi connectivity index (χ2v) is 5.44. The maximum Gasteiger partial charge on any atom is 0.229 e. The first kappa shape index (κ1) is 15.4. The quantitative estimate of drug-likeness (QED) is 0.750. The van der Waals surface area contributed by atoms with Crippen LogP contribution in [0.4, 0.5) is 0 Å². The van der Waals surface area contributed by atoms with E-state index in [-0.39, 0.29) is 17.9 Å². The van der Waals surface area contributed by atoms with E-state index in [4.69, 9.17) is 4.74 Å². The van der Waals surface area contributed by atoms with E-state index in [2.05, 4.69) is 26.1 Å². The summed E-state index contributed by atoms with van der Waals surface area (Å²) in [5, 5.41) is 3.41. The monoisotopic (exact) mass is 256 g/mol. The molecular weight excluding hydrogens is 228 g/mol. The molecule has 0 bridgehead atoms. The highest BCUT2D eigenvalue weighted by molar-refractivity contribution is 5.79. The average molecular weight is 256 g/mol. The van der Waals surface area contributed by atoms with Crippen molar-refractivity contribution in [2.75, 3.05) is 33.4 Å². The first-order chi connectivity index (χ1) is 8.60. The normalized spacial score (nSPS) is 25.1. The lowest BCUT2D eigenvalue weighted by Crippen LogP contribution is -2.45. The third-order valence-electron chi connectivity index (χ3n) is 3.71. The molecule has 1 fully saturated rings. The van der Waals surface area contributed by atoms with Gasteiger partial charge in [-0.25, -0.2) is 0 Å². The molecule has 0 aliphatic carbocycles. The Balaban J connectivity index is 2.48. The predicted octanol–water partition coefficient (Wildman–Crippen LogP) is 1.51. The van der Waals surface area contributed by atoms with Crippen molar-refractivity contribution in [3.63, 3.8) is 0 Å². The smallest absolute Gasteiger partial charge is 0.229 e. The maximum absolute atomic E-state index is 12.4. The molecule has 0 spiro atoms. The lowest BCUT2D eigenvalue weighted by atomic mass is 10.0. The largest absolute Gasteiger partial charge is 0.379 e. The fraction of sp³-hybridized carbons (Fsp3) is 0.929. The van der Waals surface area contributed by atoms with Crippen LogP contribution in [0.25, 0.3) is 0 Å². The van der Waals surface area contributed by atoms with Gasteiger partial charge in [0.25, 0.3) is 0 Å². The Morgan fingerprint density at radius 2 is 2.17 bits per heavy atom. The van der Waals surface area contributed by atoms with E-state index in [9.17, 15) is 4.79 Å². The van der Waals surface area contributed by atoms with Gasteiger partial charge in [-0.05, 0) is 18.9 Å². The van der Waals surface area contributed by atoms with Crippen molar-refractivity contribution < 1.29 is 9.53 Å². The fourth-order valence-electron chi connectivity index (χ4n) is 2.30. The van der Waals surface area contributed by atoms with Gasteiger partial charge in [0, 0.05) is 19.6 Å². The van der Waals surface area contributed by atoms with Crippen LogP contribution < -0.4 is 5.32 Å². The van der Waals surface area contributed by atoms with Gasteiger partial charge >= 0.3 is 0 Å². The molecule has 1 amide bonds. The molecule has 1 saturated heterocycles. The van der Waals surface area contributed by atoms with E-state index >= 15 is 0 Å². The van der Waals surface area contributed by atoms with Crippen LogP contribution in [-0.2, 0) is 9.53 Å². The van der Waals surface area contributed by atoms with Gasteiger partial charge < -0.3 is 15.0 Å². The van der Waals surface area contributed by atoms with Crippen molar-refractivity contribution in [1.29, 1.82) is 0 Å². The summed E-state index contributed by atoms with van der Waals surface area (Å²) in [5.41, 5.74) is 0. The summed E-state index contributed by atoms with van der Waals surface area (Å²) in [5.74, 6) is 0.773. The van der Waals surface area contributed by atoms with Gasteiger partial charge in [0.05, 0.1) is 19.1 Å². The Morgan fingerprint density at radius 1 is 1.44 bits per heavy atom. The van der Waals surface area contributed by atoms with Crippen molar-refractivity contribution in [3.8, 4) is 0 Å². The molecule has 106 valence electrons. The second kappa shape index (κ2) is 7.74. The first-order valence-electron chi connectivity index (χ1n) is 7.16. The summed E-state index contributed by atoms with van der Waals surface area (Å²) < 4.78 is 5.46. The maximum atomic E-state index is 12.4. The van der Waals surface area contributed by atoms with E-state index in [1.807, 2.05) is 11.9 Å². The Morgan fingerprint density at radius 3 is 2.78 bits per heavy atom. The van der Waals surface area contributed by atoms with Gasteiger partial charge in [0.2, 0.25) is 5.91 Å². The Bertz CT molecular complexity index is 258. The summed E-state index contributed by atoms with van der Waals surface area (Å²) in [6.07, 6.45) is 2.19. The highest BCUT2D eigenvalue weighted by atomic mass is 16.5. The highest BCUT2D eigenvalue weighted by Crippen LogP contribution is 2.17. The molecule has 18 heavy (non-hydrogen) atoms. The second-order valence-electron chi connectivity index (χ2n) is 5.44. The van der Waals surface area contributed by atoms with Crippen LogP contribution in [0.5, 0.6) is 0 Å². The molecule has 4 heteroatoms. The standard InChI is InChI=1S/C14H28N2O2/c1-5-7-15-13-10-18-9-12(13)14(17)16(4)8-11(3)6-2/h11-13,15H,5-10H2,1-4H3. The predicted molar refractivity (Wildman–Crippen MR) is 73.5 cm³/mol. The lowest BCUT2D eigenvalue weighted by molar-refractivity contribution is -0.135. The summed E-state index contributed by atoms with van der Waals surface area (Å²) in [7, 11) is 1.91. The van der Waals surface area contributed by atoms with Crippen LogP contribution in [0.1, 0.15) is 33.6 Å². The number of hydrogen-bond acceptors (Lipinski definition) is 3. The van der Waals surface area contributed by atoms with Crippen LogP contribution in [0.2, 0.25) is 0 Å². The molecule has 0 aromatic rings. The van der Waals surface area contributed by atoms with Crippen molar-refractivity contribution in [3.05, 3.63) is 0 Å². The van der Waals surface area contributed by atoms with Gasteiger partial charge in [0.15, 0.2) is 0 Å². The number of rotatable bonds is 7. The summed E-state index contributed by atoms with van der Waals surface area (Å²) in [6.45, 7) is 9.49. The number of amides is 1.